The van der Waals surface area contributed by atoms with Gasteiger partial charge in [-0.25, -0.2) is 10.5 Å². The second-order valence-corrected chi connectivity index (χ2v) is 6.89. The number of methoxy groups -OCH3 is 1. The maximum Gasteiger partial charge on any atom is 0.278 e. The molecule has 0 bridgehead atoms. The summed E-state index contributed by atoms with van der Waals surface area (Å²) in [5.41, 5.74) is 5.78. The number of hydrogen-bond acceptors (Lipinski definition) is 4. The Labute approximate surface area is 174 Å². The van der Waals surface area contributed by atoms with Gasteiger partial charge in [0.1, 0.15) is 5.69 Å². The van der Waals surface area contributed by atoms with Crippen molar-refractivity contribution in [3.8, 4) is 17.0 Å². The number of benzene rings is 1. The van der Waals surface area contributed by atoms with E-state index in [0.29, 0.717) is 22.7 Å². The van der Waals surface area contributed by atoms with Gasteiger partial charge in [-0.1, -0.05) is 75.4 Å². The maximum atomic E-state index is 12.1. The normalized spacial score (nSPS) is 10.4. The summed E-state index contributed by atoms with van der Waals surface area (Å²) in [5, 5.41) is 9.06. The molecule has 1 aromatic heterocycles. The second-order valence-electron chi connectivity index (χ2n) is 6.89. The summed E-state index contributed by atoms with van der Waals surface area (Å²) in [4.78, 5) is 16.8. The van der Waals surface area contributed by atoms with E-state index in [1.54, 1.807) is 12.4 Å². The van der Waals surface area contributed by atoms with Crippen LogP contribution in [0.25, 0.3) is 17.3 Å². The molecule has 2 aromatic rings. The number of hydrogen-bond donors (Lipinski definition) is 2. The number of aryl methyl sites for hydroxylation is 1. The number of aromatic nitrogens is 1. The molecule has 0 aliphatic carbocycles. The summed E-state index contributed by atoms with van der Waals surface area (Å²) in [7, 11) is 1.48. The lowest BCUT2D eigenvalue weighted by Gasteiger charge is -2.16. The van der Waals surface area contributed by atoms with Gasteiger partial charge in [-0.05, 0) is 32.4 Å². The van der Waals surface area contributed by atoms with Crippen LogP contribution in [0, 0.1) is 13.8 Å². The molecule has 1 amide bonds. The predicted molar refractivity (Wildman–Crippen MR) is 119 cm³/mol. The molecule has 0 saturated heterocycles. The Kier molecular flexibility index (Phi) is 10.7. The molecule has 0 atom stereocenters. The van der Waals surface area contributed by atoms with Gasteiger partial charge < -0.3 is 4.74 Å². The van der Waals surface area contributed by atoms with Crippen molar-refractivity contribution in [2.75, 3.05) is 7.11 Å². The molecule has 2 N–H and O–H groups in total. The topological polar surface area (TPSA) is 71.5 Å². The van der Waals surface area contributed by atoms with Gasteiger partial charge in [-0.3, -0.25) is 10.0 Å². The van der Waals surface area contributed by atoms with Crippen LogP contribution < -0.4 is 10.2 Å². The fraction of sp³-hybridized carbons (Fsp3) is 0.417. The van der Waals surface area contributed by atoms with Gasteiger partial charge in [0, 0.05) is 5.56 Å². The highest BCUT2D eigenvalue weighted by Crippen LogP contribution is 2.35. The van der Waals surface area contributed by atoms with Gasteiger partial charge >= 0.3 is 0 Å². The Hall–Kier alpha value is -2.66. The van der Waals surface area contributed by atoms with Crippen LogP contribution in [0.4, 0.5) is 0 Å². The quantitative estimate of drug-likeness (QED) is 0.335. The fourth-order valence-electron chi connectivity index (χ4n) is 2.93. The van der Waals surface area contributed by atoms with Crippen LogP contribution in [0.3, 0.4) is 0 Å². The first-order valence-electron chi connectivity index (χ1n) is 10.2. The Morgan fingerprint density at radius 3 is 2.17 bits per heavy atom. The number of amides is 1. The highest BCUT2D eigenvalue weighted by molar-refractivity contribution is 6.00. The van der Waals surface area contributed by atoms with Crippen LogP contribution in [-0.4, -0.2) is 23.2 Å². The number of ether oxygens (including phenoxy) is 1. The summed E-state index contributed by atoms with van der Waals surface area (Å²) in [5.74, 6) is -0.285. The smallest absolute Gasteiger partial charge is 0.278 e. The van der Waals surface area contributed by atoms with Crippen molar-refractivity contribution in [1.29, 1.82) is 0 Å². The summed E-state index contributed by atoms with van der Waals surface area (Å²) >= 11 is 0. The van der Waals surface area contributed by atoms with Crippen LogP contribution in [0.2, 0.25) is 0 Å². The Morgan fingerprint density at radius 2 is 1.72 bits per heavy atom. The Bertz CT molecular complexity index is 808. The monoisotopic (exact) mass is 398 g/mol. The van der Waals surface area contributed by atoms with E-state index < -0.39 is 5.91 Å². The standard InChI is InChI=1S/C18H20N2O3.C6H14/c1-5-6-14-12(3)15(18(21)20-22)17(23-4)16(19-14)13-9-7-11(2)8-10-13;1-3-5-6-4-2/h5-10,22H,1-4H3,(H,20,21);3-6H2,1-2H3/b6-5-;. The lowest BCUT2D eigenvalue weighted by molar-refractivity contribution is 0.0702. The van der Waals surface area contributed by atoms with Crippen molar-refractivity contribution < 1.29 is 14.7 Å². The van der Waals surface area contributed by atoms with Gasteiger partial charge in [0.25, 0.3) is 5.91 Å². The molecule has 1 aromatic carbocycles. The lowest BCUT2D eigenvalue weighted by atomic mass is 10.00. The van der Waals surface area contributed by atoms with Crippen LogP contribution in [0.5, 0.6) is 5.75 Å². The van der Waals surface area contributed by atoms with Crippen molar-refractivity contribution in [3.63, 3.8) is 0 Å². The fourth-order valence-corrected chi connectivity index (χ4v) is 2.93. The molecule has 0 spiro atoms. The van der Waals surface area contributed by atoms with E-state index in [0.717, 1.165) is 11.1 Å². The number of hydroxylamine groups is 1. The highest BCUT2D eigenvalue weighted by Gasteiger charge is 2.23. The van der Waals surface area contributed by atoms with E-state index in [4.69, 9.17) is 9.94 Å². The SMILES string of the molecule is C/C=C\c1nc(-c2ccc(C)cc2)c(OC)c(C(=O)NO)c1C.CCCCCC. The highest BCUT2D eigenvalue weighted by atomic mass is 16.5. The van der Waals surface area contributed by atoms with Crippen LogP contribution in [-0.2, 0) is 0 Å². The minimum atomic E-state index is -0.624. The number of allylic oxidation sites excluding steroid dienone is 1. The van der Waals surface area contributed by atoms with Gasteiger partial charge in [-0.2, -0.15) is 0 Å². The average Bonchev–Trinajstić information content (AvgIpc) is 2.74. The molecule has 1 heterocycles. The van der Waals surface area contributed by atoms with Crippen LogP contribution in [0.15, 0.2) is 30.3 Å². The summed E-state index contributed by atoms with van der Waals surface area (Å²) in [6.45, 7) is 10.1. The third-order valence-corrected chi connectivity index (χ3v) is 4.57. The molecule has 0 aliphatic heterocycles. The summed E-state index contributed by atoms with van der Waals surface area (Å²) < 4.78 is 5.44. The molecular weight excluding hydrogens is 364 g/mol. The number of carbonyl (C=O) groups is 1. The van der Waals surface area contributed by atoms with Crippen molar-refractivity contribution in [2.24, 2.45) is 0 Å². The number of nitrogens with zero attached hydrogens (tertiary/aromatic N) is 1. The number of rotatable bonds is 7. The minimum Gasteiger partial charge on any atom is -0.494 e. The number of nitrogens with one attached hydrogen (secondary N) is 1. The molecule has 0 aliphatic rings. The zero-order chi connectivity index (χ0) is 21.8. The van der Waals surface area contributed by atoms with Gasteiger partial charge in [-0.15, -0.1) is 0 Å². The first kappa shape index (κ1) is 24.4. The molecular formula is C24H34N2O3. The Morgan fingerprint density at radius 1 is 1.14 bits per heavy atom. The van der Waals surface area contributed by atoms with Crippen molar-refractivity contribution in [3.05, 3.63) is 52.7 Å². The summed E-state index contributed by atoms with van der Waals surface area (Å²) in [6.07, 6.45) is 9.21. The van der Waals surface area contributed by atoms with E-state index in [-0.39, 0.29) is 5.56 Å². The maximum absolute atomic E-state index is 12.1. The van der Waals surface area contributed by atoms with E-state index in [1.165, 1.54) is 32.8 Å². The van der Waals surface area contributed by atoms with Crippen molar-refractivity contribution in [2.45, 2.75) is 60.3 Å². The molecule has 0 fully saturated rings. The Balaban J connectivity index is 0.000000612. The molecule has 0 unspecified atom stereocenters. The molecule has 158 valence electrons. The third-order valence-electron chi connectivity index (χ3n) is 4.57. The van der Waals surface area contributed by atoms with Gasteiger partial charge in [0.05, 0.1) is 18.4 Å². The average molecular weight is 399 g/mol. The largest absolute Gasteiger partial charge is 0.494 e. The molecule has 5 nitrogen and oxygen atoms in total. The van der Waals surface area contributed by atoms with E-state index in [2.05, 4.69) is 18.8 Å². The van der Waals surface area contributed by atoms with Crippen LogP contribution in [0.1, 0.15) is 73.6 Å². The van der Waals surface area contributed by atoms with E-state index in [1.807, 2.05) is 50.3 Å². The minimum absolute atomic E-state index is 0.272. The van der Waals surface area contributed by atoms with Gasteiger partial charge in [0.2, 0.25) is 0 Å². The zero-order valence-electron chi connectivity index (χ0n) is 18.5. The first-order valence-corrected chi connectivity index (χ1v) is 10.2. The molecule has 29 heavy (non-hydrogen) atoms. The first-order chi connectivity index (χ1) is 13.9. The number of pyridine rings is 1. The third kappa shape index (κ3) is 6.71. The van der Waals surface area contributed by atoms with Crippen molar-refractivity contribution >= 4 is 12.0 Å². The molecule has 2 rings (SSSR count). The second kappa shape index (κ2) is 12.7. The van der Waals surface area contributed by atoms with Gasteiger partial charge in [0.15, 0.2) is 5.75 Å². The van der Waals surface area contributed by atoms with Crippen LogP contribution >= 0.6 is 0 Å². The number of carbonyl (C=O) groups excluding carboxylic acids is 1. The molecule has 0 saturated carbocycles. The molecule has 5 heteroatoms. The molecule has 0 radical (unpaired) electrons. The lowest BCUT2D eigenvalue weighted by Crippen LogP contribution is -2.22. The van der Waals surface area contributed by atoms with E-state index >= 15 is 0 Å². The predicted octanol–water partition coefficient (Wildman–Crippen LogP) is 6.11. The number of unbranched alkanes of at least 4 members (excludes halogenated alkanes) is 3. The zero-order valence-corrected chi connectivity index (χ0v) is 18.5. The van der Waals surface area contributed by atoms with E-state index in [9.17, 15) is 4.79 Å². The summed E-state index contributed by atoms with van der Waals surface area (Å²) in [6, 6.07) is 7.79. The van der Waals surface area contributed by atoms with Crippen molar-refractivity contribution in [1.82, 2.24) is 10.5 Å².